The first-order chi connectivity index (χ1) is 19.1. The minimum atomic E-state index is -0.931. The van der Waals surface area contributed by atoms with Gasteiger partial charge in [-0.1, -0.05) is 81.4 Å². The van der Waals surface area contributed by atoms with Crippen LogP contribution in [-0.2, 0) is 22.5 Å². The van der Waals surface area contributed by atoms with E-state index in [4.69, 9.17) is 10.5 Å². The zero-order valence-corrected chi connectivity index (χ0v) is 23.7. The van der Waals surface area contributed by atoms with E-state index >= 15 is 0 Å². The van der Waals surface area contributed by atoms with Gasteiger partial charge in [-0.3, -0.25) is 15.2 Å². The number of rotatable bonds is 12. The number of hydrazine groups is 1. The molecule has 3 unspecified atom stereocenters. The van der Waals surface area contributed by atoms with E-state index in [1.165, 1.54) is 0 Å². The lowest BCUT2D eigenvalue weighted by molar-refractivity contribution is -0.131. The second-order valence-electron chi connectivity index (χ2n) is 10.9. The molecule has 3 aromatic rings. The highest BCUT2D eigenvalue weighted by Crippen LogP contribution is 2.21. The molecule has 0 radical (unpaired) electrons. The summed E-state index contributed by atoms with van der Waals surface area (Å²) < 4.78 is 5.01. The Hall–Kier alpha value is -3.79. The van der Waals surface area contributed by atoms with Crippen molar-refractivity contribution in [3.8, 4) is 11.3 Å². The van der Waals surface area contributed by atoms with E-state index in [0.29, 0.717) is 13.0 Å². The molecular formula is C31H41N5O4. The summed E-state index contributed by atoms with van der Waals surface area (Å²) in [5.41, 5.74) is 12.4. The van der Waals surface area contributed by atoms with Gasteiger partial charge in [0, 0.05) is 30.9 Å². The number of nitrogens with two attached hydrogens (primary N) is 1. The molecule has 1 heterocycles. The Labute approximate surface area is 236 Å². The summed E-state index contributed by atoms with van der Waals surface area (Å²) >= 11 is 0. The fraction of sp³-hybridized carbons (Fsp3) is 0.387. The number of nitrogens with one attached hydrogen (secondary N) is 2. The van der Waals surface area contributed by atoms with E-state index in [1.807, 2.05) is 93.6 Å². The first kappa shape index (κ1) is 30.7. The lowest BCUT2D eigenvalue weighted by Gasteiger charge is -2.34. The van der Waals surface area contributed by atoms with Gasteiger partial charge in [-0.2, -0.15) is 0 Å². The van der Waals surface area contributed by atoms with Crippen LogP contribution in [0.5, 0.6) is 0 Å². The molecule has 214 valence electrons. The summed E-state index contributed by atoms with van der Waals surface area (Å²) in [4.78, 5) is 30.0. The van der Waals surface area contributed by atoms with Crippen LogP contribution in [0, 0.1) is 5.41 Å². The number of alkyl carbamates (subject to hydrolysis) is 1. The quantitative estimate of drug-likeness (QED) is 0.255. The minimum Gasteiger partial charge on any atom is -0.450 e. The summed E-state index contributed by atoms with van der Waals surface area (Å²) in [6.45, 7) is 7.85. The number of hydrogen-bond donors (Lipinski definition) is 4. The molecule has 0 aliphatic rings. The average molecular weight is 548 g/mol. The maximum atomic E-state index is 13.5. The van der Waals surface area contributed by atoms with Crippen LogP contribution in [-0.4, -0.2) is 58.4 Å². The molecule has 5 N–H and O–H groups in total. The lowest BCUT2D eigenvalue weighted by Crippen LogP contribution is -2.58. The van der Waals surface area contributed by atoms with Crippen molar-refractivity contribution in [3.05, 3.63) is 90.1 Å². The number of hydrogen-bond acceptors (Lipinski definition) is 7. The Kier molecular flexibility index (Phi) is 11.2. The predicted molar refractivity (Wildman–Crippen MR) is 156 cm³/mol. The van der Waals surface area contributed by atoms with Gasteiger partial charge in [-0.25, -0.2) is 9.80 Å². The summed E-state index contributed by atoms with van der Waals surface area (Å²) in [6, 6.07) is 21.9. The number of nitrogens with zero attached hydrogens (tertiary/aromatic N) is 2. The highest BCUT2D eigenvalue weighted by atomic mass is 16.5. The Morgan fingerprint density at radius 1 is 1.00 bits per heavy atom. The normalized spacial score (nSPS) is 13.8. The first-order valence-electron chi connectivity index (χ1n) is 13.5. The Morgan fingerprint density at radius 2 is 1.68 bits per heavy atom. The zero-order chi connectivity index (χ0) is 29.1. The van der Waals surface area contributed by atoms with Gasteiger partial charge in [-0.05, 0) is 42.0 Å². The van der Waals surface area contributed by atoms with Gasteiger partial charge in [0.15, 0.2) is 0 Å². The first-order valence-corrected chi connectivity index (χ1v) is 13.5. The number of ether oxygens (including phenoxy) is 1. The van der Waals surface area contributed by atoms with Gasteiger partial charge in [-0.15, -0.1) is 0 Å². The van der Waals surface area contributed by atoms with Gasteiger partial charge < -0.3 is 20.9 Å². The van der Waals surface area contributed by atoms with E-state index in [1.54, 1.807) is 18.1 Å². The summed E-state index contributed by atoms with van der Waals surface area (Å²) in [7, 11) is 0. The summed E-state index contributed by atoms with van der Waals surface area (Å²) in [5.74, 6) is -0.422. The highest BCUT2D eigenvalue weighted by molar-refractivity contribution is 5.86. The van der Waals surface area contributed by atoms with Crippen LogP contribution >= 0.6 is 0 Å². The molecule has 0 saturated carbocycles. The lowest BCUT2D eigenvalue weighted by atomic mass is 9.86. The number of carbonyl (C=O) groups is 2. The third kappa shape index (κ3) is 9.44. The molecule has 9 nitrogen and oxygen atoms in total. The van der Waals surface area contributed by atoms with Crippen LogP contribution in [0.25, 0.3) is 11.3 Å². The number of carbonyl (C=O) groups excluding carboxylic acids is 2. The Balaban J connectivity index is 1.78. The van der Waals surface area contributed by atoms with Crippen molar-refractivity contribution in [2.75, 3.05) is 13.2 Å². The maximum absolute atomic E-state index is 13.5. The molecule has 0 saturated heterocycles. The molecule has 9 heteroatoms. The van der Waals surface area contributed by atoms with E-state index < -0.39 is 35.6 Å². The molecule has 3 rings (SSSR count). The van der Waals surface area contributed by atoms with Gasteiger partial charge in [0.25, 0.3) is 5.91 Å². The van der Waals surface area contributed by atoms with Gasteiger partial charge in [0.2, 0.25) is 0 Å². The van der Waals surface area contributed by atoms with Crippen LogP contribution in [0.2, 0.25) is 0 Å². The SMILES string of the molecule is CCOC(=O)NC(C(=O)NN(Cc1ccc(-c2ccccn2)cc1)CC(O)C(N)Cc1ccccc1)C(C)(C)C. The van der Waals surface area contributed by atoms with E-state index in [0.717, 1.165) is 22.4 Å². The third-order valence-corrected chi connectivity index (χ3v) is 6.44. The van der Waals surface area contributed by atoms with Crippen molar-refractivity contribution in [2.24, 2.45) is 11.1 Å². The molecule has 0 aliphatic carbocycles. The van der Waals surface area contributed by atoms with Crippen molar-refractivity contribution < 1.29 is 19.4 Å². The van der Waals surface area contributed by atoms with Crippen LogP contribution in [0.15, 0.2) is 79.0 Å². The van der Waals surface area contributed by atoms with Crippen LogP contribution < -0.4 is 16.5 Å². The van der Waals surface area contributed by atoms with E-state index in [2.05, 4.69) is 15.7 Å². The monoisotopic (exact) mass is 547 g/mol. The van der Waals surface area contributed by atoms with Crippen LogP contribution in [0.1, 0.15) is 38.8 Å². The molecule has 0 spiro atoms. The number of amides is 2. The Bertz CT molecular complexity index is 1200. The van der Waals surface area contributed by atoms with Crippen LogP contribution in [0.3, 0.4) is 0 Å². The van der Waals surface area contributed by atoms with Gasteiger partial charge in [0.1, 0.15) is 6.04 Å². The van der Waals surface area contributed by atoms with E-state index in [9.17, 15) is 14.7 Å². The minimum absolute atomic E-state index is 0.0814. The maximum Gasteiger partial charge on any atom is 0.407 e. The molecule has 0 aliphatic heterocycles. The standard InChI is InChI=1S/C31H41N5O4/c1-5-40-30(39)34-28(31(2,3)4)29(38)35-36(21-27(37)25(32)19-22-11-7-6-8-12-22)20-23-14-16-24(17-15-23)26-13-9-10-18-33-26/h6-18,25,27-28,37H,5,19-21,32H2,1-4H3,(H,34,39)(H,35,38). The van der Waals surface area contributed by atoms with Crippen molar-refractivity contribution in [1.29, 1.82) is 0 Å². The molecule has 0 bridgehead atoms. The average Bonchev–Trinajstić information content (AvgIpc) is 2.92. The summed E-state index contributed by atoms with van der Waals surface area (Å²) in [5, 5.41) is 15.3. The molecular weight excluding hydrogens is 506 g/mol. The van der Waals surface area contributed by atoms with Crippen molar-refractivity contribution in [3.63, 3.8) is 0 Å². The summed E-state index contributed by atoms with van der Waals surface area (Å²) in [6.07, 6.45) is 0.632. The zero-order valence-electron chi connectivity index (χ0n) is 23.7. The Morgan fingerprint density at radius 3 is 2.27 bits per heavy atom. The molecule has 2 amide bonds. The van der Waals surface area contributed by atoms with Gasteiger partial charge >= 0.3 is 6.09 Å². The van der Waals surface area contributed by atoms with Crippen molar-refractivity contribution in [2.45, 2.75) is 58.8 Å². The number of benzene rings is 2. The fourth-order valence-electron chi connectivity index (χ4n) is 4.25. The highest BCUT2D eigenvalue weighted by Gasteiger charge is 2.34. The molecule has 0 fully saturated rings. The number of aromatic nitrogens is 1. The second-order valence-corrected chi connectivity index (χ2v) is 10.9. The number of pyridine rings is 1. The number of aliphatic hydroxyl groups is 1. The smallest absolute Gasteiger partial charge is 0.407 e. The molecule has 40 heavy (non-hydrogen) atoms. The molecule has 2 aromatic carbocycles. The fourth-order valence-corrected chi connectivity index (χ4v) is 4.25. The second kappa shape index (κ2) is 14.6. The van der Waals surface area contributed by atoms with Gasteiger partial charge in [0.05, 0.1) is 18.4 Å². The van der Waals surface area contributed by atoms with Crippen molar-refractivity contribution >= 4 is 12.0 Å². The molecule has 1 aromatic heterocycles. The van der Waals surface area contributed by atoms with Crippen LogP contribution in [0.4, 0.5) is 4.79 Å². The third-order valence-electron chi connectivity index (χ3n) is 6.44. The van der Waals surface area contributed by atoms with Crippen molar-refractivity contribution in [1.82, 2.24) is 20.7 Å². The van der Waals surface area contributed by atoms with E-state index in [-0.39, 0.29) is 13.2 Å². The topological polar surface area (TPSA) is 130 Å². The number of aliphatic hydroxyl groups excluding tert-OH is 1. The molecule has 3 atom stereocenters. The predicted octanol–water partition coefficient (Wildman–Crippen LogP) is 3.67. The largest absolute Gasteiger partial charge is 0.450 e.